The number of aromatic nitrogens is 3. The molecule has 6 heteroatoms. The van der Waals surface area contributed by atoms with Gasteiger partial charge < -0.3 is 14.4 Å². The fourth-order valence-corrected chi connectivity index (χ4v) is 6.50. The summed E-state index contributed by atoms with van der Waals surface area (Å²) in [4.78, 5) is 13.9. The van der Waals surface area contributed by atoms with E-state index in [4.69, 9.17) is 9.40 Å². The molecular formula is C41H33IrN3OS-2. The van der Waals surface area contributed by atoms with E-state index in [2.05, 4.69) is 117 Å². The zero-order chi connectivity index (χ0) is 31.8. The van der Waals surface area contributed by atoms with Crippen molar-refractivity contribution in [3.05, 3.63) is 138 Å². The van der Waals surface area contributed by atoms with Crippen LogP contribution < -0.4 is 0 Å². The molecule has 8 aromatic rings. The molecule has 0 aliphatic rings. The predicted molar refractivity (Wildman–Crippen MR) is 191 cm³/mol. The van der Waals surface area contributed by atoms with Gasteiger partial charge in [-0.1, -0.05) is 93.2 Å². The second kappa shape index (κ2) is 13.3. The first-order valence-corrected chi connectivity index (χ1v) is 16.2. The summed E-state index contributed by atoms with van der Waals surface area (Å²) in [7, 11) is 0. The largest absolute Gasteiger partial charge is 0.498 e. The second-order valence-corrected chi connectivity index (χ2v) is 13.5. The van der Waals surface area contributed by atoms with E-state index in [1.54, 1.807) is 17.5 Å². The smallest absolute Gasteiger partial charge is 0.148 e. The standard InChI is InChI=1S/C22H17N2OS.C19H16N.Ir/c1-22(2,3)21-24-18-17(26-21)11-10-14-13-7-6-8-15(19(13)25-20(14)18)16-9-4-5-12-23-16;1-14-8-10-17(11-9-14)19-12-18(15(2)13-20-19)16-6-4-3-5-7-16;/h4-7,9-12H,1-3H3;3-10,12-13H,1-2H3;/q2*-1;. The minimum absolute atomic E-state index is 0. The topological polar surface area (TPSA) is 51.8 Å². The fraction of sp³-hybridized carbons (Fsp3) is 0.146. The van der Waals surface area contributed by atoms with E-state index in [9.17, 15) is 0 Å². The van der Waals surface area contributed by atoms with Gasteiger partial charge in [0.1, 0.15) is 11.1 Å². The maximum atomic E-state index is 6.35. The summed E-state index contributed by atoms with van der Waals surface area (Å²) in [5, 5.41) is 3.29. The summed E-state index contributed by atoms with van der Waals surface area (Å²) in [5.74, 6) is 0. The van der Waals surface area contributed by atoms with Crippen LogP contribution in [0.4, 0.5) is 0 Å². The molecule has 0 fully saturated rings. The van der Waals surface area contributed by atoms with Gasteiger partial charge in [0.05, 0.1) is 15.3 Å². The molecule has 4 nitrogen and oxygen atoms in total. The van der Waals surface area contributed by atoms with Crippen molar-refractivity contribution >= 4 is 43.5 Å². The SMILES string of the molecule is CC(C)(C)c1nc2c(ccc3c4cc[c-]c(-c5ccccn5)c4oc32)s1.Cc1c[c-]c(-c2cc(-c3ccccc3)c(C)cn2)cc1.[Ir]. The van der Waals surface area contributed by atoms with Crippen LogP contribution in [0.1, 0.15) is 36.9 Å². The van der Waals surface area contributed by atoms with E-state index < -0.39 is 0 Å². The Kier molecular flexibility index (Phi) is 9.20. The van der Waals surface area contributed by atoms with Gasteiger partial charge in [0.15, 0.2) is 0 Å². The van der Waals surface area contributed by atoms with Crippen molar-refractivity contribution in [1.29, 1.82) is 0 Å². The Morgan fingerprint density at radius 1 is 0.766 bits per heavy atom. The Balaban J connectivity index is 0.000000167. The summed E-state index contributed by atoms with van der Waals surface area (Å²) in [5.41, 5.74) is 11.2. The van der Waals surface area contributed by atoms with Gasteiger partial charge in [-0.15, -0.1) is 64.9 Å². The minimum Gasteiger partial charge on any atom is -0.498 e. The van der Waals surface area contributed by atoms with Crippen LogP contribution in [0.5, 0.6) is 0 Å². The molecule has 0 atom stereocenters. The quantitative estimate of drug-likeness (QED) is 0.167. The number of benzene rings is 4. The monoisotopic (exact) mass is 808 g/mol. The third kappa shape index (κ3) is 6.55. The summed E-state index contributed by atoms with van der Waals surface area (Å²) >= 11 is 1.74. The van der Waals surface area contributed by atoms with E-state index in [-0.39, 0.29) is 25.5 Å². The molecule has 0 saturated heterocycles. The van der Waals surface area contributed by atoms with Crippen LogP contribution in [0.3, 0.4) is 0 Å². The fourth-order valence-electron chi connectivity index (χ4n) is 5.47. The van der Waals surface area contributed by atoms with Gasteiger partial charge in [-0.3, -0.25) is 0 Å². The van der Waals surface area contributed by atoms with Gasteiger partial charge in [0, 0.05) is 43.3 Å². The van der Waals surface area contributed by atoms with Crippen molar-refractivity contribution in [2.24, 2.45) is 0 Å². The Hall–Kier alpha value is -4.48. The molecule has 4 heterocycles. The molecular weight excluding hydrogens is 775 g/mol. The Bertz CT molecular complexity index is 2300. The normalized spacial score (nSPS) is 11.3. The summed E-state index contributed by atoms with van der Waals surface area (Å²) in [6, 6.07) is 39.5. The van der Waals surface area contributed by atoms with E-state index >= 15 is 0 Å². The molecule has 0 aliphatic carbocycles. The number of thiazole rings is 1. The third-order valence-corrected chi connectivity index (χ3v) is 9.40. The van der Waals surface area contributed by atoms with Gasteiger partial charge in [-0.2, -0.15) is 0 Å². The number of nitrogens with zero attached hydrogens (tertiary/aromatic N) is 3. The third-order valence-electron chi connectivity index (χ3n) is 7.95. The zero-order valence-corrected chi connectivity index (χ0v) is 30.1. The molecule has 0 amide bonds. The maximum absolute atomic E-state index is 6.35. The molecule has 8 rings (SSSR count). The predicted octanol–water partition coefficient (Wildman–Crippen LogP) is 11.2. The second-order valence-electron chi connectivity index (χ2n) is 12.5. The Labute approximate surface area is 292 Å². The van der Waals surface area contributed by atoms with E-state index in [0.29, 0.717) is 0 Å². The molecule has 4 aromatic heterocycles. The van der Waals surface area contributed by atoms with Crippen molar-refractivity contribution < 1.29 is 24.5 Å². The van der Waals surface area contributed by atoms with Gasteiger partial charge in [0.25, 0.3) is 0 Å². The number of hydrogen-bond acceptors (Lipinski definition) is 5. The van der Waals surface area contributed by atoms with Crippen LogP contribution in [0.15, 0.2) is 114 Å². The van der Waals surface area contributed by atoms with Crippen LogP contribution in [-0.4, -0.2) is 15.0 Å². The van der Waals surface area contributed by atoms with Gasteiger partial charge in [-0.25, -0.2) is 4.98 Å². The number of rotatable bonds is 3. The van der Waals surface area contributed by atoms with E-state index in [0.717, 1.165) is 59.7 Å². The van der Waals surface area contributed by atoms with Gasteiger partial charge in [-0.05, 0) is 47.1 Å². The molecule has 1 radical (unpaired) electrons. The van der Waals surface area contributed by atoms with Crippen molar-refractivity contribution in [2.45, 2.75) is 40.0 Å². The maximum Gasteiger partial charge on any atom is 0.148 e. The van der Waals surface area contributed by atoms with Crippen LogP contribution in [0, 0.1) is 26.0 Å². The molecule has 0 saturated carbocycles. The first kappa shape index (κ1) is 32.5. The number of furan rings is 1. The van der Waals surface area contributed by atoms with Gasteiger partial charge >= 0.3 is 0 Å². The van der Waals surface area contributed by atoms with Crippen LogP contribution in [-0.2, 0) is 25.5 Å². The van der Waals surface area contributed by atoms with E-state index in [1.807, 2.05) is 42.6 Å². The van der Waals surface area contributed by atoms with Crippen molar-refractivity contribution in [2.75, 3.05) is 0 Å². The molecule has 0 spiro atoms. The molecule has 0 bridgehead atoms. The average Bonchev–Trinajstić information content (AvgIpc) is 3.69. The van der Waals surface area contributed by atoms with E-state index in [1.165, 1.54) is 22.3 Å². The summed E-state index contributed by atoms with van der Waals surface area (Å²) in [6.07, 6.45) is 3.73. The van der Waals surface area contributed by atoms with Crippen molar-refractivity contribution in [3.8, 4) is 33.6 Å². The molecule has 0 unspecified atom stereocenters. The first-order valence-electron chi connectivity index (χ1n) is 15.4. The number of hydrogen-bond donors (Lipinski definition) is 0. The summed E-state index contributed by atoms with van der Waals surface area (Å²) < 4.78 is 7.51. The molecule has 0 N–H and O–H groups in total. The summed E-state index contributed by atoms with van der Waals surface area (Å²) in [6.45, 7) is 10.7. The average molecular weight is 808 g/mol. The number of fused-ring (bicyclic) bond motifs is 5. The van der Waals surface area contributed by atoms with Crippen LogP contribution >= 0.6 is 11.3 Å². The Morgan fingerprint density at radius 2 is 1.55 bits per heavy atom. The van der Waals surface area contributed by atoms with Crippen molar-refractivity contribution in [3.63, 3.8) is 0 Å². The van der Waals surface area contributed by atoms with Crippen LogP contribution in [0.2, 0.25) is 0 Å². The Morgan fingerprint density at radius 3 is 2.28 bits per heavy atom. The minimum atomic E-state index is 0. The molecule has 47 heavy (non-hydrogen) atoms. The van der Waals surface area contributed by atoms with Crippen LogP contribution in [0.25, 0.3) is 65.8 Å². The van der Waals surface area contributed by atoms with Crippen molar-refractivity contribution in [1.82, 2.24) is 15.0 Å². The number of aryl methyl sites for hydroxylation is 2. The van der Waals surface area contributed by atoms with Gasteiger partial charge in [0.2, 0.25) is 0 Å². The first-order chi connectivity index (χ1) is 22.3. The number of pyridine rings is 2. The molecule has 0 aliphatic heterocycles. The molecule has 4 aromatic carbocycles. The molecule has 235 valence electrons. The zero-order valence-electron chi connectivity index (χ0n) is 26.9.